The Bertz CT molecular complexity index is 884. The van der Waals surface area contributed by atoms with E-state index >= 15 is 0 Å². The smallest absolute Gasteiger partial charge is 0.270 e. The molecule has 0 radical (unpaired) electrons. The van der Waals surface area contributed by atoms with E-state index in [4.69, 9.17) is 4.74 Å². The van der Waals surface area contributed by atoms with E-state index in [0.29, 0.717) is 24.9 Å². The minimum Gasteiger partial charge on any atom is -0.494 e. The Morgan fingerprint density at radius 2 is 2.04 bits per heavy atom. The van der Waals surface area contributed by atoms with Crippen molar-refractivity contribution in [1.29, 1.82) is 0 Å². The third-order valence-corrected chi connectivity index (χ3v) is 4.49. The van der Waals surface area contributed by atoms with Crippen molar-refractivity contribution >= 4 is 16.8 Å². The first-order valence-electron chi connectivity index (χ1n) is 8.70. The Morgan fingerprint density at radius 3 is 2.76 bits per heavy atom. The van der Waals surface area contributed by atoms with Gasteiger partial charge in [0.1, 0.15) is 11.4 Å². The number of hydrogen-bond donors (Lipinski definition) is 1. The average Bonchev–Trinajstić information content (AvgIpc) is 3.39. The number of carbonyl (C=O) groups excluding carboxylic acids is 1. The minimum atomic E-state index is 0.0495. The summed E-state index contributed by atoms with van der Waals surface area (Å²) in [5.74, 6) is 0.861. The van der Waals surface area contributed by atoms with Crippen LogP contribution in [-0.2, 0) is 6.54 Å². The van der Waals surface area contributed by atoms with Crippen molar-refractivity contribution in [3.05, 3.63) is 60.0 Å². The molecule has 1 amide bonds. The molecule has 0 saturated heterocycles. The summed E-state index contributed by atoms with van der Waals surface area (Å²) in [5.41, 5.74) is 2.66. The molecule has 25 heavy (non-hydrogen) atoms. The van der Waals surface area contributed by atoms with E-state index in [9.17, 15) is 4.79 Å². The van der Waals surface area contributed by atoms with Gasteiger partial charge in [-0.2, -0.15) is 0 Å². The van der Waals surface area contributed by atoms with Gasteiger partial charge < -0.3 is 14.6 Å². The highest BCUT2D eigenvalue weighted by Crippen LogP contribution is 2.30. The molecule has 5 nitrogen and oxygen atoms in total. The Balaban J connectivity index is 1.60. The number of nitrogens with one attached hydrogen (secondary N) is 1. The maximum absolute atomic E-state index is 13.1. The Hall–Kier alpha value is -2.82. The van der Waals surface area contributed by atoms with E-state index in [2.05, 4.69) is 9.97 Å². The van der Waals surface area contributed by atoms with Crippen LogP contribution in [0.5, 0.6) is 5.75 Å². The zero-order valence-corrected chi connectivity index (χ0v) is 14.2. The van der Waals surface area contributed by atoms with Crippen molar-refractivity contribution in [3.63, 3.8) is 0 Å². The number of aromatic nitrogens is 2. The van der Waals surface area contributed by atoms with Gasteiger partial charge in [-0.3, -0.25) is 9.78 Å². The predicted octanol–water partition coefficient (Wildman–Crippen LogP) is 3.77. The fourth-order valence-corrected chi connectivity index (χ4v) is 3.07. The molecule has 1 saturated carbocycles. The van der Waals surface area contributed by atoms with Gasteiger partial charge in [0.2, 0.25) is 0 Å². The number of hydrogen-bond acceptors (Lipinski definition) is 3. The number of rotatable bonds is 6. The van der Waals surface area contributed by atoms with Crippen LogP contribution in [-0.4, -0.2) is 33.4 Å². The van der Waals surface area contributed by atoms with Gasteiger partial charge in [0.15, 0.2) is 0 Å². The number of H-pyrrole nitrogens is 1. The average molecular weight is 335 g/mol. The molecule has 2 heterocycles. The number of nitrogens with zero attached hydrogens (tertiary/aromatic N) is 2. The summed E-state index contributed by atoms with van der Waals surface area (Å²) < 4.78 is 5.54. The first-order valence-corrected chi connectivity index (χ1v) is 8.70. The second kappa shape index (κ2) is 6.59. The molecule has 4 rings (SSSR count). The SMILES string of the molecule is CCOc1ccc2cc(C(=O)N(Cc3ccncc3)C3CC3)[nH]c2c1. The summed E-state index contributed by atoms with van der Waals surface area (Å²) in [5, 5.41) is 1.02. The molecule has 1 aliphatic carbocycles. The normalized spacial score (nSPS) is 13.8. The highest BCUT2D eigenvalue weighted by molar-refractivity contribution is 5.98. The van der Waals surface area contributed by atoms with E-state index in [0.717, 1.165) is 35.1 Å². The highest BCUT2D eigenvalue weighted by Gasteiger charge is 2.33. The van der Waals surface area contributed by atoms with E-state index in [1.807, 2.05) is 48.2 Å². The zero-order valence-electron chi connectivity index (χ0n) is 14.2. The van der Waals surface area contributed by atoms with Crippen LogP contribution >= 0.6 is 0 Å². The van der Waals surface area contributed by atoms with Crippen LogP contribution in [0.3, 0.4) is 0 Å². The second-order valence-electron chi connectivity index (χ2n) is 6.38. The van der Waals surface area contributed by atoms with Crippen molar-refractivity contribution in [2.45, 2.75) is 32.4 Å². The third kappa shape index (κ3) is 3.36. The molecule has 0 aliphatic heterocycles. The van der Waals surface area contributed by atoms with Gasteiger partial charge in [-0.05, 0) is 55.7 Å². The summed E-state index contributed by atoms with van der Waals surface area (Å²) in [4.78, 5) is 22.3. The molecule has 1 N–H and O–H groups in total. The van der Waals surface area contributed by atoms with Crippen LogP contribution in [0, 0.1) is 0 Å². The lowest BCUT2D eigenvalue weighted by Crippen LogP contribution is -2.32. The lowest BCUT2D eigenvalue weighted by molar-refractivity contribution is 0.0725. The van der Waals surface area contributed by atoms with Crippen LogP contribution in [0.1, 0.15) is 35.8 Å². The van der Waals surface area contributed by atoms with Crippen molar-refractivity contribution < 1.29 is 9.53 Å². The fraction of sp³-hybridized carbons (Fsp3) is 0.300. The molecule has 0 spiro atoms. The molecule has 3 aromatic rings. The van der Waals surface area contributed by atoms with Crippen LogP contribution < -0.4 is 4.74 Å². The Morgan fingerprint density at radius 1 is 1.24 bits per heavy atom. The van der Waals surface area contributed by atoms with Crippen molar-refractivity contribution in [2.75, 3.05) is 6.61 Å². The lowest BCUT2D eigenvalue weighted by atomic mass is 10.2. The summed E-state index contributed by atoms with van der Waals surface area (Å²) >= 11 is 0. The number of benzene rings is 1. The maximum Gasteiger partial charge on any atom is 0.270 e. The number of aromatic amines is 1. The first kappa shape index (κ1) is 15.7. The zero-order chi connectivity index (χ0) is 17.2. The van der Waals surface area contributed by atoms with Crippen molar-refractivity contribution in [2.24, 2.45) is 0 Å². The van der Waals surface area contributed by atoms with Crippen molar-refractivity contribution in [1.82, 2.24) is 14.9 Å². The highest BCUT2D eigenvalue weighted by atomic mass is 16.5. The second-order valence-corrected chi connectivity index (χ2v) is 6.38. The minimum absolute atomic E-state index is 0.0495. The number of ether oxygens (including phenoxy) is 1. The topological polar surface area (TPSA) is 58.2 Å². The summed E-state index contributed by atoms with van der Waals surface area (Å²) in [6.07, 6.45) is 5.68. The van der Waals surface area contributed by atoms with Gasteiger partial charge in [0.25, 0.3) is 5.91 Å². The van der Waals surface area contributed by atoms with E-state index in [1.165, 1.54) is 0 Å². The first-order chi connectivity index (χ1) is 12.2. The molecule has 0 atom stereocenters. The van der Waals surface area contributed by atoms with Crippen LogP contribution in [0.4, 0.5) is 0 Å². The van der Waals surface area contributed by atoms with Gasteiger partial charge in [-0.25, -0.2) is 0 Å². The Labute approximate surface area is 146 Å². The lowest BCUT2D eigenvalue weighted by Gasteiger charge is -2.21. The monoisotopic (exact) mass is 335 g/mol. The quantitative estimate of drug-likeness (QED) is 0.746. The molecule has 1 aliphatic rings. The fourth-order valence-electron chi connectivity index (χ4n) is 3.07. The van der Waals surface area contributed by atoms with Crippen LogP contribution in [0.25, 0.3) is 10.9 Å². The molecule has 0 unspecified atom stereocenters. The van der Waals surface area contributed by atoms with Gasteiger partial charge in [0.05, 0.1) is 6.61 Å². The van der Waals surface area contributed by atoms with Gasteiger partial charge in [-0.15, -0.1) is 0 Å². The van der Waals surface area contributed by atoms with Gasteiger partial charge in [0, 0.05) is 41.9 Å². The van der Waals surface area contributed by atoms with Crippen molar-refractivity contribution in [3.8, 4) is 5.75 Å². The summed E-state index contributed by atoms with van der Waals surface area (Å²) in [6.45, 7) is 3.20. The molecule has 2 aromatic heterocycles. The van der Waals surface area contributed by atoms with Crippen LogP contribution in [0.2, 0.25) is 0 Å². The van der Waals surface area contributed by atoms with E-state index in [-0.39, 0.29) is 5.91 Å². The van der Waals surface area contributed by atoms with Gasteiger partial charge >= 0.3 is 0 Å². The number of carbonyl (C=O) groups is 1. The predicted molar refractivity (Wildman–Crippen MR) is 96.6 cm³/mol. The number of amides is 1. The molecule has 1 aromatic carbocycles. The molecular formula is C20H21N3O2. The Kier molecular flexibility index (Phi) is 4.14. The third-order valence-electron chi connectivity index (χ3n) is 4.49. The standard InChI is InChI=1S/C20H21N3O2/c1-2-25-17-6-3-15-11-19(22-18(15)12-17)20(24)23(16-4-5-16)13-14-7-9-21-10-8-14/h3,6-12,16,22H,2,4-5,13H2,1H3. The largest absolute Gasteiger partial charge is 0.494 e. The molecule has 5 heteroatoms. The number of pyridine rings is 1. The van der Waals surface area contributed by atoms with Gasteiger partial charge in [-0.1, -0.05) is 0 Å². The molecule has 0 bridgehead atoms. The summed E-state index contributed by atoms with van der Waals surface area (Å²) in [7, 11) is 0. The van der Waals surface area contributed by atoms with Crippen LogP contribution in [0.15, 0.2) is 48.8 Å². The maximum atomic E-state index is 13.1. The summed E-state index contributed by atoms with van der Waals surface area (Å²) in [6, 6.07) is 12.0. The number of fused-ring (bicyclic) bond motifs is 1. The molecule has 128 valence electrons. The molecular weight excluding hydrogens is 314 g/mol. The van der Waals surface area contributed by atoms with E-state index < -0.39 is 0 Å². The molecule has 1 fully saturated rings. The van der Waals surface area contributed by atoms with E-state index in [1.54, 1.807) is 12.4 Å².